The lowest BCUT2D eigenvalue weighted by Crippen LogP contribution is -2.16. The van der Waals surface area contributed by atoms with E-state index in [1.807, 2.05) is 13.0 Å². The van der Waals surface area contributed by atoms with Crippen LogP contribution in [0.2, 0.25) is 0 Å². The van der Waals surface area contributed by atoms with Crippen LogP contribution in [0.5, 0.6) is 0 Å². The van der Waals surface area contributed by atoms with Crippen LogP contribution in [0, 0.1) is 12.8 Å². The molecule has 4 heteroatoms. The van der Waals surface area contributed by atoms with Gasteiger partial charge in [0, 0.05) is 0 Å². The first-order valence-corrected chi connectivity index (χ1v) is 8.95. The highest BCUT2D eigenvalue weighted by Gasteiger charge is 2.18. The molecule has 1 aliphatic heterocycles. The maximum Gasteiger partial charge on any atom is 0.123 e. The predicted octanol–water partition coefficient (Wildman–Crippen LogP) is 4.59. The zero-order valence-electron chi connectivity index (χ0n) is 14.3. The van der Waals surface area contributed by atoms with Crippen molar-refractivity contribution in [2.75, 3.05) is 0 Å². The molecular formula is C19H27N2OP. The molecule has 23 heavy (non-hydrogen) atoms. The molecule has 2 atom stereocenters. The van der Waals surface area contributed by atoms with Crippen LogP contribution < -0.4 is 5.30 Å². The Labute approximate surface area is 141 Å². The van der Waals surface area contributed by atoms with Crippen molar-refractivity contribution in [3.05, 3.63) is 41.0 Å². The van der Waals surface area contributed by atoms with Gasteiger partial charge < -0.3 is 5.21 Å². The Hall–Kier alpha value is -1.47. The minimum Gasteiger partial charge on any atom is -0.410 e. The SMILES string of the molecule is CC1CCC1.CCC1=CC(c2c(C)cccc2P)N=C/C1=N/O. The normalized spacial score (nSPS) is 22.2. The Morgan fingerprint density at radius 1 is 1.35 bits per heavy atom. The summed E-state index contributed by atoms with van der Waals surface area (Å²) in [6.07, 6.45) is 9.02. The Morgan fingerprint density at radius 3 is 2.52 bits per heavy atom. The number of nitrogens with zero attached hydrogens (tertiary/aromatic N) is 2. The molecular weight excluding hydrogens is 303 g/mol. The molecule has 0 aromatic heterocycles. The first-order chi connectivity index (χ1) is 11.1. The van der Waals surface area contributed by atoms with Crippen molar-refractivity contribution in [2.45, 2.75) is 52.5 Å². The van der Waals surface area contributed by atoms with Gasteiger partial charge in [-0.15, -0.1) is 9.24 Å². The number of benzene rings is 1. The third-order valence-electron chi connectivity index (χ3n) is 4.58. The highest BCUT2D eigenvalue weighted by molar-refractivity contribution is 7.27. The molecule has 2 aliphatic rings. The first-order valence-electron chi connectivity index (χ1n) is 8.38. The summed E-state index contributed by atoms with van der Waals surface area (Å²) in [7, 11) is 2.76. The Bertz CT molecular complexity index is 610. The highest BCUT2D eigenvalue weighted by Crippen LogP contribution is 2.27. The summed E-state index contributed by atoms with van der Waals surface area (Å²) in [6.45, 7) is 6.45. The minimum atomic E-state index is 0.0131. The van der Waals surface area contributed by atoms with E-state index in [-0.39, 0.29) is 6.04 Å². The van der Waals surface area contributed by atoms with Gasteiger partial charge in [0.05, 0.1) is 12.3 Å². The van der Waals surface area contributed by atoms with Gasteiger partial charge in [-0.25, -0.2) is 0 Å². The van der Waals surface area contributed by atoms with Crippen molar-refractivity contribution < 1.29 is 5.21 Å². The van der Waals surface area contributed by atoms with Crippen molar-refractivity contribution >= 4 is 26.5 Å². The summed E-state index contributed by atoms with van der Waals surface area (Å²) < 4.78 is 0. The van der Waals surface area contributed by atoms with E-state index >= 15 is 0 Å². The lowest BCUT2D eigenvalue weighted by molar-refractivity contribution is 0.320. The van der Waals surface area contributed by atoms with Gasteiger partial charge in [0.1, 0.15) is 5.71 Å². The molecule has 0 saturated heterocycles. The van der Waals surface area contributed by atoms with Crippen molar-refractivity contribution in [1.29, 1.82) is 0 Å². The molecule has 1 saturated carbocycles. The second kappa shape index (κ2) is 8.40. The van der Waals surface area contributed by atoms with Crippen molar-refractivity contribution in [1.82, 2.24) is 0 Å². The topological polar surface area (TPSA) is 45.0 Å². The van der Waals surface area contributed by atoms with Gasteiger partial charge in [-0.3, -0.25) is 4.99 Å². The summed E-state index contributed by atoms with van der Waals surface area (Å²) in [6, 6.07) is 6.21. The molecule has 3 rings (SSSR count). The molecule has 0 radical (unpaired) electrons. The van der Waals surface area contributed by atoms with Gasteiger partial charge in [0.2, 0.25) is 0 Å². The number of aliphatic imine (C=N–C) groups is 1. The molecule has 2 unspecified atom stereocenters. The van der Waals surface area contributed by atoms with Gasteiger partial charge in [-0.2, -0.15) is 0 Å². The average Bonchev–Trinajstić information content (AvgIpc) is 2.53. The fraction of sp³-hybridized carbons (Fsp3) is 0.474. The van der Waals surface area contributed by atoms with Crippen LogP contribution in [0.3, 0.4) is 0 Å². The Morgan fingerprint density at radius 2 is 2.04 bits per heavy atom. The molecule has 1 aromatic rings. The molecule has 0 spiro atoms. The van der Waals surface area contributed by atoms with Gasteiger partial charge in [-0.1, -0.05) is 62.5 Å². The lowest BCUT2D eigenvalue weighted by atomic mass is 9.88. The molecule has 1 N–H and O–H groups in total. The molecule has 0 bridgehead atoms. The summed E-state index contributed by atoms with van der Waals surface area (Å²) >= 11 is 0. The summed E-state index contributed by atoms with van der Waals surface area (Å²) in [5.41, 5.74) is 4.03. The van der Waals surface area contributed by atoms with E-state index in [1.54, 1.807) is 6.21 Å². The van der Waals surface area contributed by atoms with Crippen LogP contribution in [0.15, 0.2) is 40.0 Å². The number of hydrogen-bond donors (Lipinski definition) is 1. The second-order valence-corrected chi connectivity index (χ2v) is 6.99. The average molecular weight is 330 g/mol. The standard InChI is InChI=1S/C14H17N2OP.C5H10/c1-3-10-7-11(15-8-12(10)16-17)14-9(2)5-4-6-13(14)18;1-5-3-2-4-5/h4-8,11,17H,3,18H2,1-2H3;5H,2-4H2,1H3/b16-12-;. The third kappa shape index (κ3) is 4.51. The van der Waals surface area contributed by atoms with E-state index in [0.717, 1.165) is 23.2 Å². The number of hydrogen-bond acceptors (Lipinski definition) is 3. The highest BCUT2D eigenvalue weighted by atomic mass is 31.0. The van der Waals surface area contributed by atoms with Crippen molar-refractivity contribution in [3.8, 4) is 0 Å². The third-order valence-corrected chi connectivity index (χ3v) is 5.09. The van der Waals surface area contributed by atoms with Gasteiger partial charge in [0.25, 0.3) is 0 Å². The van der Waals surface area contributed by atoms with Crippen LogP contribution in [-0.2, 0) is 0 Å². The van der Waals surface area contributed by atoms with E-state index < -0.39 is 0 Å². The fourth-order valence-electron chi connectivity index (χ4n) is 2.82. The molecule has 1 fully saturated rings. The minimum absolute atomic E-state index is 0.0131. The zero-order chi connectivity index (χ0) is 16.8. The molecule has 0 amide bonds. The van der Waals surface area contributed by atoms with Crippen LogP contribution in [0.4, 0.5) is 0 Å². The summed E-state index contributed by atoms with van der Waals surface area (Å²) in [5, 5.41) is 13.3. The number of oxime groups is 1. The van der Waals surface area contributed by atoms with E-state index in [1.165, 1.54) is 30.4 Å². The van der Waals surface area contributed by atoms with E-state index in [2.05, 4.69) is 51.4 Å². The molecule has 3 nitrogen and oxygen atoms in total. The van der Waals surface area contributed by atoms with Crippen LogP contribution in [0.25, 0.3) is 0 Å². The molecule has 1 aliphatic carbocycles. The van der Waals surface area contributed by atoms with E-state index in [0.29, 0.717) is 5.71 Å². The summed E-state index contributed by atoms with van der Waals surface area (Å²) in [4.78, 5) is 4.47. The van der Waals surface area contributed by atoms with Crippen LogP contribution in [0.1, 0.15) is 56.7 Å². The lowest BCUT2D eigenvalue weighted by Gasteiger charge is -2.19. The fourth-order valence-corrected chi connectivity index (χ4v) is 3.33. The number of rotatable bonds is 2. The quantitative estimate of drug-likeness (QED) is 0.481. The smallest absolute Gasteiger partial charge is 0.123 e. The second-order valence-electron chi connectivity index (χ2n) is 6.37. The maximum atomic E-state index is 8.91. The maximum absolute atomic E-state index is 8.91. The first kappa shape index (κ1) is 17.9. The summed E-state index contributed by atoms with van der Waals surface area (Å²) in [5.74, 6) is 1.06. The Balaban J connectivity index is 0.000000326. The largest absolute Gasteiger partial charge is 0.410 e. The van der Waals surface area contributed by atoms with Gasteiger partial charge >= 0.3 is 0 Å². The van der Waals surface area contributed by atoms with Gasteiger partial charge in [-0.05, 0) is 41.3 Å². The van der Waals surface area contributed by atoms with Gasteiger partial charge in [0.15, 0.2) is 0 Å². The van der Waals surface area contributed by atoms with Crippen LogP contribution >= 0.6 is 9.24 Å². The van der Waals surface area contributed by atoms with Crippen molar-refractivity contribution in [2.24, 2.45) is 16.1 Å². The van der Waals surface area contributed by atoms with Crippen molar-refractivity contribution in [3.63, 3.8) is 0 Å². The number of dihydropyridines is 1. The Kier molecular flexibility index (Phi) is 6.53. The van der Waals surface area contributed by atoms with Crippen LogP contribution in [-0.4, -0.2) is 17.1 Å². The number of aryl methyl sites for hydroxylation is 1. The number of allylic oxidation sites excluding steroid dienone is 1. The van der Waals surface area contributed by atoms with E-state index in [4.69, 9.17) is 5.21 Å². The molecule has 124 valence electrons. The zero-order valence-corrected chi connectivity index (χ0v) is 15.4. The monoisotopic (exact) mass is 330 g/mol. The molecule has 1 aromatic carbocycles. The van der Waals surface area contributed by atoms with E-state index in [9.17, 15) is 0 Å². The molecule has 1 heterocycles. The predicted molar refractivity (Wildman–Crippen MR) is 102 cm³/mol.